The zero-order valence-electron chi connectivity index (χ0n) is 15.5. The minimum absolute atomic E-state index is 0.105. The lowest BCUT2D eigenvalue weighted by molar-refractivity contribution is 0.145. The maximum atomic E-state index is 9.65. The number of aliphatic hydroxyl groups excluding tert-OH is 1. The predicted molar refractivity (Wildman–Crippen MR) is 103 cm³/mol. The normalized spacial score (nSPS) is 27.0. The lowest BCUT2D eigenvalue weighted by Crippen LogP contribution is -2.35. The van der Waals surface area contributed by atoms with E-state index in [1.807, 2.05) is 0 Å². The van der Waals surface area contributed by atoms with Gasteiger partial charge in [-0.15, -0.1) is 0 Å². The van der Waals surface area contributed by atoms with Crippen molar-refractivity contribution in [1.82, 2.24) is 10.2 Å². The van der Waals surface area contributed by atoms with Gasteiger partial charge < -0.3 is 20.2 Å². The van der Waals surface area contributed by atoms with Crippen LogP contribution < -0.4 is 10.2 Å². The first-order valence-corrected chi connectivity index (χ1v) is 10.2. The molecule has 2 saturated heterocycles. The molecule has 1 aromatic carbocycles. The third-order valence-electron chi connectivity index (χ3n) is 6.32. The van der Waals surface area contributed by atoms with Gasteiger partial charge in [0.25, 0.3) is 0 Å². The van der Waals surface area contributed by atoms with Crippen molar-refractivity contribution in [2.45, 2.75) is 57.2 Å². The van der Waals surface area contributed by atoms with Gasteiger partial charge in [0.1, 0.15) is 0 Å². The lowest BCUT2D eigenvalue weighted by Gasteiger charge is -2.31. The Bertz CT molecular complexity index is 549. The van der Waals surface area contributed by atoms with Crippen LogP contribution in [0.5, 0.6) is 0 Å². The summed E-state index contributed by atoms with van der Waals surface area (Å²) >= 11 is 0. The maximum Gasteiger partial charge on any atom is 0.0574 e. The molecule has 2 atom stereocenters. The van der Waals surface area contributed by atoms with Crippen LogP contribution in [0.15, 0.2) is 24.3 Å². The third kappa shape index (κ3) is 4.36. The maximum absolute atomic E-state index is 9.65. The van der Waals surface area contributed by atoms with Crippen LogP contribution in [-0.2, 0) is 0 Å². The molecule has 3 fully saturated rings. The minimum Gasteiger partial charge on any atom is -0.393 e. The minimum atomic E-state index is -0.105. The third-order valence-corrected chi connectivity index (χ3v) is 6.32. The molecule has 2 heterocycles. The smallest absolute Gasteiger partial charge is 0.0574 e. The Labute approximate surface area is 152 Å². The average molecular weight is 344 g/mol. The van der Waals surface area contributed by atoms with Gasteiger partial charge in [-0.25, -0.2) is 0 Å². The van der Waals surface area contributed by atoms with Gasteiger partial charge in [-0.1, -0.05) is 12.1 Å². The van der Waals surface area contributed by atoms with Gasteiger partial charge in [0.05, 0.1) is 6.10 Å². The van der Waals surface area contributed by atoms with Crippen molar-refractivity contribution < 1.29 is 5.11 Å². The molecule has 2 unspecified atom stereocenters. The summed E-state index contributed by atoms with van der Waals surface area (Å²) in [5, 5.41) is 13.4. The molecule has 2 aliphatic heterocycles. The Kier molecular flexibility index (Phi) is 5.30. The molecular formula is C21H33N3O. The van der Waals surface area contributed by atoms with Gasteiger partial charge in [0.2, 0.25) is 0 Å². The Morgan fingerprint density at radius 3 is 2.44 bits per heavy atom. The van der Waals surface area contributed by atoms with Crippen molar-refractivity contribution in [3.63, 3.8) is 0 Å². The van der Waals surface area contributed by atoms with Gasteiger partial charge in [-0.2, -0.15) is 0 Å². The van der Waals surface area contributed by atoms with Crippen LogP contribution in [0, 0.1) is 5.92 Å². The van der Waals surface area contributed by atoms with Crippen molar-refractivity contribution in [1.29, 1.82) is 0 Å². The molecule has 1 saturated carbocycles. The number of aliphatic hydroxyl groups is 1. The zero-order valence-corrected chi connectivity index (χ0v) is 15.5. The molecule has 2 N–H and O–H groups in total. The van der Waals surface area contributed by atoms with Crippen LogP contribution in [0.4, 0.5) is 5.69 Å². The van der Waals surface area contributed by atoms with E-state index in [1.54, 1.807) is 0 Å². The highest BCUT2D eigenvalue weighted by atomic mass is 16.3. The zero-order chi connectivity index (χ0) is 17.2. The predicted octanol–water partition coefficient (Wildman–Crippen LogP) is 2.78. The molecule has 25 heavy (non-hydrogen) atoms. The number of nitrogens with zero attached hydrogens (tertiary/aromatic N) is 2. The second kappa shape index (κ2) is 7.65. The molecule has 0 bridgehead atoms. The van der Waals surface area contributed by atoms with Crippen molar-refractivity contribution in [3.8, 4) is 0 Å². The van der Waals surface area contributed by atoms with E-state index >= 15 is 0 Å². The number of likely N-dealkylation sites (tertiary alicyclic amines) is 1. The summed E-state index contributed by atoms with van der Waals surface area (Å²) in [6.07, 6.45) is 5.89. The molecular weight excluding hydrogens is 310 g/mol. The number of anilines is 1. The van der Waals surface area contributed by atoms with Gasteiger partial charge >= 0.3 is 0 Å². The molecule has 4 rings (SSSR count). The Morgan fingerprint density at radius 2 is 1.76 bits per heavy atom. The molecule has 3 aliphatic rings. The number of benzene rings is 1. The highest BCUT2D eigenvalue weighted by molar-refractivity contribution is 5.48. The Morgan fingerprint density at radius 1 is 1.04 bits per heavy atom. The van der Waals surface area contributed by atoms with E-state index in [9.17, 15) is 5.11 Å². The van der Waals surface area contributed by atoms with Crippen molar-refractivity contribution in [3.05, 3.63) is 29.8 Å². The van der Waals surface area contributed by atoms with Crippen LogP contribution in [-0.4, -0.2) is 54.9 Å². The molecule has 1 aromatic rings. The van der Waals surface area contributed by atoms with Crippen LogP contribution in [0.3, 0.4) is 0 Å². The van der Waals surface area contributed by atoms with E-state index < -0.39 is 0 Å². The van der Waals surface area contributed by atoms with Crippen LogP contribution >= 0.6 is 0 Å². The molecule has 0 radical (unpaired) electrons. The topological polar surface area (TPSA) is 38.7 Å². The Balaban J connectivity index is 1.25. The molecule has 0 spiro atoms. The molecule has 4 nitrogen and oxygen atoms in total. The molecule has 4 heteroatoms. The van der Waals surface area contributed by atoms with E-state index in [0.717, 1.165) is 44.4 Å². The van der Waals surface area contributed by atoms with Gasteiger partial charge in [0, 0.05) is 37.4 Å². The summed E-state index contributed by atoms with van der Waals surface area (Å²) in [5.74, 6) is 0.821. The summed E-state index contributed by atoms with van der Waals surface area (Å²) < 4.78 is 0. The van der Waals surface area contributed by atoms with Gasteiger partial charge in [-0.3, -0.25) is 0 Å². The fraction of sp³-hybridized carbons (Fsp3) is 0.714. The first kappa shape index (κ1) is 17.3. The molecule has 1 aliphatic carbocycles. The SMILES string of the molecule is CC(NCC1CCN(C2CC2)C1)c1ccc(N2CCC(O)CC2)cc1. The van der Waals surface area contributed by atoms with Gasteiger partial charge in [0.15, 0.2) is 0 Å². The van der Waals surface area contributed by atoms with Crippen LogP contribution in [0.25, 0.3) is 0 Å². The van der Waals surface area contributed by atoms with E-state index in [0.29, 0.717) is 6.04 Å². The first-order valence-electron chi connectivity index (χ1n) is 10.2. The second-order valence-corrected chi connectivity index (χ2v) is 8.32. The quantitative estimate of drug-likeness (QED) is 0.833. The van der Waals surface area contributed by atoms with E-state index in [2.05, 4.69) is 46.3 Å². The Hall–Kier alpha value is -1.10. The van der Waals surface area contributed by atoms with E-state index in [1.165, 1.54) is 43.6 Å². The van der Waals surface area contributed by atoms with Gasteiger partial charge in [-0.05, 0) is 75.7 Å². The summed E-state index contributed by atoms with van der Waals surface area (Å²) in [7, 11) is 0. The van der Waals surface area contributed by atoms with Crippen LogP contribution in [0.1, 0.15) is 50.6 Å². The molecule has 138 valence electrons. The molecule has 0 amide bonds. The summed E-state index contributed by atoms with van der Waals surface area (Å²) in [4.78, 5) is 5.08. The summed E-state index contributed by atoms with van der Waals surface area (Å²) in [6, 6.07) is 10.4. The number of hydrogen-bond donors (Lipinski definition) is 2. The largest absolute Gasteiger partial charge is 0.393 e. The van der Waals surface area contributed by atoms with Crippen molar-refractivity contribution in [2.75, 3.05) is 37.6 Å². The molecule has 0 aromatic heterocycles. The fourth-order valence-electron chi connectivity index (χ4n) is 4.36. The number of piperidine rings is 1. The average Bonchev–Trinajstić information content (AvgIpc) is 3.39. The number of hydrogen-bond acceptors (Lipinski definition) is 4. The lowest BCUT2D eigenvalue weighted by atomic mass is 10.0. The van der Waals surface area contributed by atoms with E-state index in [4.69, 9.17) is 0 Å². The summed E-state index contributed by atoms with van der Waals surface area (Å²) in [5.41, 5.74) is 2.66. The monoisotopic (exact) mass is 343 g/mol. The van der Waals surface area contributed by atoms with Crippen LogP contribution in [0.2, 0.25) is 0 Å². The highest BCUT2D eigenvalue weighted by Crippen LogP contribution is 2.31. The second-order valence-electron chi connectivity index (χ2n) is 8.32. The fourth-order valence-corrected chi connectivity index (χ4v) is 4.36. The van der Waals surface area contributed by atoms with E-state index in [-0.39, 0.29) is 6.10 Å². The highest BCUT2D eigenvalue weighted by Gasteiger charge is 2.34. The first-order chi connectivity index (χ1) is 12.2. The van der Waals surface area contributed by atoms with Crippen molar-refractivity contribution >= 4 is 5.69 Å². The standard InChI is InChI=1S/C21H33N3O/c1-16(22-14-17-8-11-24(15-17)20-6-7-20)18-2-4-19(5-3-18)23-12-9-21(25)10-13-23/h2-5,16-17,20-22,25H,6-15H2,1H3. The number of rotatable bonds is 6. The van der Waals surface area contributed by atoms with Crippen molar-refractivity contribution in [2.24, 2.45) is 5.92 Å². The summed E-state index contributed by atoms with van der Waals surface area (Å²) in [6.45, 7) is 7.95. The number of nitrogens with one attached hydrogen (secondary N) is 1.